The molecule has 2 amide bonds. The Labute approximate surface area is 160 Å². The molecule has 0 aliphatic rings. The highest BCUT2D eigenvalue weighted by atomic mass is 35.5. The fraction of sp³-hybridized carbons (Fsp3) is 0.118. The minimum atomic E-state index is -0.913. The zero-order valence-electron chi connectivity index (χ0n) is 13.4. The largest absolute Gasteiger partial charge is 0.329 e. The van der Waals surface area contributed by atoms with Gasteiger partial charge in [0.25, 0.3) is 0 Å². The highest BCUT2D eigenvalue weighted by Gasteiger charge is 2.15. The minimum Gasteiger partial charge on any atom is -0.317 e. The number of carbonyl (C=O) groups excluding carboxylic acids is 2. The summed E-state index contributed by atoms with van der Waals surface area (Å²) < 4.78 is 0. The maximum absolute atomic E-state index is 12.0. The number of carbonyl (C=O) groups is 2. The van der Waals surface area contributed by atoms with E-state index >= 15 is 0 Å². The Balaban J connectivity index is 2.05. The zero-order chi connectivity index (χ0) is 18.6. The average Bonchev–Trinajstić information content (AvgIpc) is 2.56. The normalized spacial score (nSPS) is 11.2. The van der Waals surface area contributed by atoms with Gasteiger partial charge >= 0.3 is 11.8 Å². The van der Waals surface area contributed by atoms with Crippen molar-refractivity contribution in [1.82, 2.24) is 5.43 Å². The van der Waals surface area contributed by atoms with E-state index in [0.717, 1.165) is 0 Å². The molecule has 0 atom stereocenters. The van der Waals surface area contributed by atoms with Gasteiger partial charge < -0.3 is 5.32 Å². The molecule has 0 saturated carbocycles. The van der Waals surface area contributed by atoms with E-state index in [9.17, 15) is 9.59 Å². The van der Waals surface area contributed by atoms with Gasteiger partial charge in [0.05, 0.1) is 10.7 Å². The fourth-order valence-electron chi connectivity index (χ4n) is 1.95. The highest BCUT2D eigenvalue weighted by Crippen LogP contribution is 2.23. The molecule has 2 aromatic carbocycles. The molecule has 2 rings (SSSR count). The average molecular weight is 399 g/mol. The summed E-state index contributed by atoms with van der Waals surface area (Å²) in [5.41, 5.74) is 4.33. The predicted octanol–water partition coefficient (Wildman–Crippen LogP) is 4.43. The monoisotopic (exact) mass is 397 g/mol. The van der Waals surface area contributed by atoms with Crippen LogP contribution in [-0.2, 0) is 9.59 Å². The number of rotatable bonds is 3. The first-order valence-corrected chi connectivity index (χ1v) is 8.29. The van der Waals surface area contributed by atoms with Gasteiger partial charge in [-0.15, -0.1) is 0 Å². The minimum absolute atomic E-state index is 0.391. The lowest BCUT2D eigenvalue weighted by Crippen LogP contribution is -2.33. The molecule has 8 heteroatoms. The summed E-state index contributed by atoms with van der Waals surface area (Å²) in [5.74, 6) is -1.77. The Kier molecular flexibility index (Phi) is 6.42. The Morgan fingerprint density at radius 2 is 1.72 bits per heavy atom. The first-order valence-electron chi connectivity index (χ1n) is 7.15. The van der Waals surface area contributed by atoms with Crippen LogP contribution in [0.15, 0.2) is 41.5 Å². The zero-order valence-corrected chi connectivity index (χ0v) is 15.6. The summed E-state index contributed by atoms with van der Waals surface area (Å²) in [4.78, 5) is 23.9. The van der Waals surface area contributed by atoms with Crippen molar-refractivity contribution < 1.29 is 9.59 Å². The van der Waals surface area contributed by atoms with Crippen molar-refractivity contribution in [3.05, 3.63) is 62.6 Å². The van der Waals surface area contributed by atoms with E-state index in [1.807, 2.05) is 0 Å². The molecule has 0 heterocycles. The van der Waals surface area contributed by atoms with Crippen LogP contribution in [0.2, 0.25) is 15.1 Å². The molecule has 2 N–H and O–H groups in total. The van der Waals surface area contributed by atoms with Gasteiger partial charge in [-0.1, -0.05) is 46.9 Å². The van der Waals surface area contributed by atoms with Crippen LogP contribution in [0, 0.1) is 6.92 Å². The first-order chi connectivity index (χ1) is 11.8. The van der Waals surface area contributed by atoms with Gasteiger partial charge in [-0.2, -0.15) is 5.10 Å². The number of benzene rings is 2. The van der Waals surface area contributed by atoms with E-state index in [0.29, 0.717) is 37.6 Å². The number of nitrogens with one attached hydrogen (secondary N) is 2. The van der Waals surface area contributed by atoms with Gasteiger partial charge in [0, 0.05) is 21.3 Å². The van der Waals surface area contributed by atoms with E-state index in [-0.39, 0.29) is 0 Å². The second-order valence-electron chi connectivity index (χ2n) is 5.13. The molecule has 0 unspecified atom stereocenters. The molecule has 0 fully saturated rings. The summed E-state index contributed by atoms with van der Waals surface area (Å²) >= 11 is 17.9. The van der Waals surface area contributed by atoms with Gasteiger partial charge in [0.1, 0.15) is 0 Å². The summed E-state index contributed by atoms with van der Waals surface area (Å²) in [6.07, 6.45) is 0. The van der Waals surface area contributed by atoms with Crippen LogP contribution in [0.1, 0.15) is 18.1 Å². The lowest BCUT2D eigenvalue weighted by Gasteiger charge is -2.09. The van der Waals surface area contributed by atoms with Crippen LogP contribution in [0.3, 0.4) is 0 Å². The SMILES string of the molecule is C/C(=N\NC(=O)C(=O)Nc1cccc(Cl)c1C)c1ccc(Cl)cc1Cl. The number of hydrazone groups is 1. The Bertz CT molecular complexity index is 866. The van der Waals surface area contributed by atoms with Crippen LogP contribution in [0.25, 0.3) is 0 Å². The van der Waals surface area contributed by atoms with Gasteiger partial charge in [0.15, 0.2) is 0 Å². The Morgan fingerprint density at radius 1 is 1.00 bits per heavy atom. The summed E-state index contributed by atoms with van der Waals surface area (Å²) in [5, 5.41) is 7.74. The summed E-state index contributed by atoms with van der Waals surface area (Å²) in [6, 6.07) is 9.90. The van der Waals surface area contributed by atoms with Crippen molar-refractivity contribution in [3.63, 3.8) is 0 Å². The van der Waals surface area contributed by atoms with Crippen LogP contribution in [0.4, 0.5) is 5.69 Å². The molecule has 0 radical (unpaired) electrons. The van der Waals surface area contributed by atoms with Gasteiger partial charge in [-0.05, 0) is 43.7 Å². The molecule has 5 nitrogen and oxygen atoms in total. The molecule has 0 saturated heterocycles. The number of nitrogens with zero attached hydrogens (tertiary/aromatic N) is 1. The highest BCUT2D eigenvalue weighted by molar-refractivity contribution is 6.40. The number of halogens is 3. The topological polar surface area (TPSA) is 70.6 Å². The number of hydrogen-bond donors (Lipinski definition) is 2. The smallest absolute Gasteiger partial charge is 0.317 e. The van der Waals surface area contributed by atoms with Crippen molar-refractivity contribution >= 4 is 58.0 Å². The second-order valence-corrected chi connectivity index (χ2v) is 6.38. The predicted molar refractivity (Wildman–Crippen MR) is 102 cm³/mol. The third-order valence-corrected chi connectivity index (χ3v) is 4.33. The van der Waals surface area contributed by atoms with Crippen LogP contribution >= 0.6 is 34.8 Å². The molecule has 0 bridgehead atoms. The molecular weight excluding hydrogens is 385 g/mol. The van der Waals surface area contributed by atoms with E-state index < -0.39 is 11.8 Å². The van der Waals surface area contributed by atoms with E-state index in [1.165, 1.54) is 0 Å². The third-order valence-electron chi connectivity index (χ3n) is 3.37. The first kappa shape index (κ1) is 19.2. The van der Waals surface area contributed by atoms with Gasteiger partial charge in [-0.3, -0.25) is 9.59 Å². The molecule has 0 spiro atoms. The quantitative estimate of drug-likeness (QED) is 0.456. The van der Waals surface area contributed by atoms with Crippen molar-refractivity contribution in [2.24, 2.45) is 5.10 Å². The van der Waals surface area contributed by atoms with Crippen molar-refractivity contribution in [2.75, 3.05) is 5.32 Å². The van der Waals surface area contributed by atoms with Crippen molar-refractivity contribution in [2.45, 2.75) is 13.8 Å². The Morgan fingerprint density at radius 3 is 2.40 bits per heavy atom. The van der Waals surface area contributed by atoms with E-state index in [1.54, 1.807) is 50.2 Å². The van der Waals surface area contributed by atoms with Gasteiger partial charge in [0.2, 0.25) is 0 Å². The molecular formula is C17H14Cl3N3O2. The molecule has 0 aliphatic heterocycles. The lowest BCUT2D eigenvalue weighted by molar-refractivity contribution is -0.136. The van der Waals surface area contributed by atoms with Crippen LogP contribution < -0.4 is 10.7 Å². The molecule has 130 valence electrons. The number of anilines is 1. The van der Waals surface area contributed by atoms with E-state index in [4.69, 9.17) is 34.8 Å². The standard InChI is InChI=1S/C17H14Cl3N3O2/c1-9-13(19)4-3-5-15(9)21-16(24)17(25)23-22-10(2)12-7-6-11(18)8-14(12)20/h3-8H,1-2H3,(H,21,24)(H,23,25)/b22-10+. The maximum atomic E-state index is 12.0. The molecule has 25 heavy (non-hydrogen) atoms. The van der Waals surface area contributed by atoms with Crippen molar-refractivity contribution in [3.8, 4) is 0 Å². The van der Waals surface area contributed by atoms with Crippen molar-refractivity contribution in [1.29, 1.82) is 0 Å². The summed E-state index contributed by atoms with van der Waals surface area (Å²) in [6.45, 7) is 3.38. The van der Waals surface area contributed by atoms with Crippen LogP contribution in [0.5, 0.6) is 0 Å². The molecule has 2 aromatic rings. The third kappa shape index (κ3) is 4.95. The molecule has 0 aromatic heterocycles. The van der Waals surface area contributed by atoms with Crippen LogP contribution in [-0.4, -0.2) is 17.5 Å². The maximum Gasteiger partial charge on any atom is 0.329 e. The fourth-order valence-corrected chi connectivity index (χ4v) is 2.67. The molecule has 0 aliphatic carbocycles. The number of hydrogen-bond acceptors (Lipinski definition) is 3. The Hall–Kier alpha value is -2.08. The second kappa shape index (κ2) is 8.34. The number of amides is 2. The van der Waals surface area contributed by atoms with E-state index in [2.05, 4.69) is 15.8 Å². The lowest BCUT2D eigenvalue weighted by atomic mass is 10.1. The summed E-state index contributed by atoms with van der Waals surface area (Å²) in [7, 11) is 0. The van der Waals surface area contributed by atoms with Gasteiger partial charge in [-0.25, -0.2) is 5.43 Å².